The number of nitrogens with zero attached hydrogens (tertiary/aromatic N) is 1. The van der Waals surface area contributed by atoms with Crippen LogP contribution in [0.2, 0.25) is 0 Å². The highest BCUT2D eigenvalue weighted by molar-refractivity contribution is 7.85. The smallest absolute Gasteiger partial charge is 0.261 e. The first-order valence-electron chi connectivity index (χ1n) is 7.37. The fourth-order valence-corrected chi connectivity index (χ4v) is 2.32. The minimum atomic E-state index is -3.67. The molecule has 0 aliphatic carbocycles. The van der Waals surface area contributed by atoms with Crippen molar-refractivity contribution in [2.24, 2.45) is 0 Å². The molecule has 1 heterocycles. The van der Waals surface area contributed by atoms with Gasteiger partial charge in [0.15, 0.2) is 0 Å². The molecule has 0 fully saturated rings. The van der Waals surface area contributed by atoms with Gasteiger partial charge in [0, 0.05) is 11.6 Å². The number of rotatable bonds is 3. The summed E-state index contributed by atoms with van der Waals surface area (Å²) in [7, 11) is -2.04. The van der Waals surface area contributed by atoms with E-state index in [9.17, 15) is 13.5 Å². The lowest BCUT2D eigenvalue weighted by Crippen LogP contribution is -2.01. The van der Waals surface area contributed by atoms with E-state index in [0.717, 1.165) is 27.8 Å². The highest BCUT2D eigenvalue weighted by atomic mass is 32.2. The second kappa shape index (κ2) is 8.06. The summed E-state index contributed by atoms with van der Waals surface area (Å²) in [5.74, 6) is 0.778. The third kappa shape index (κ3) is 5.53. The van der Waals surface area contributed by atoms with Crippen LogP contribution < -0.4 is 4.74 Å². The van der Waals surface area contributed by atoms with E-state index >= 15 is 0 Å². The van der Waals surface area contributed by atoms with E-state index in [1.165, 1.54) is 0 Å². The average Bonchev–Trinajstić information content (AvgIpc) is 2.59. The summed E-state index contributed by atoms with van der Waals surface area (Å²) in [6, 6.07) is 17.1. The maximum absolute atomic E-state index is 10.6. The number of methoxy groups -OCH3 is 1. The van der Waals surface area contributed by atoms with Crippen molar-refractivity contribution in [1.82, 2.24) is 4.98 Å². The van der Waals surface area contributed by atoms with Crippen LogP contribution in [0.1, 0.15) is 17.2 Å². The second-order valence-electron chi connectivity index (χ2n) is 5.33. The van der Waals surface area contributed by atoms with Gasteiger partial charge in [-0.1, -0.05) is 30.3 Å². The molecule has 7 heteroatoms. The largest absolute Gasteiger partial charge is 0.497 e. The summed E-state index contributed by atoms with van der Waals surface area (Å²) in [6.45, 7) is 0. The summed E-state index contributed by atoms with van der Waals surface area (Å²) < 4.78 is 31.0. The van der Waals surface area contributed by atoms with Crippen molar-refractivity contribution in [3.63, 3.8) is 0 Å². The third-order valence-corrected chi connectivity index (χ3v) is 3.41. The molecule has 0 aliphatic rings. The maximum Gasteiger partial charge on any atom is 0.261 e. The summed E-state index contributed by atoms with van der Waals surface area (Å²) in [5, 5.41) is 11.6. The number of fused-ring (bicyclic) bond motifs is 1. The zero-order valence-electron chi connectivity index (χ0n) is 13.8. The molecule has 0 saturated carbocycles. The van der Waals surface area contributed by atoms with Crippen molar-refractivity contribution in [3.8, 4) is 5.75 Å². The highest BCUT2D eigenvalue weighted by Crippen LogP contribution is 2.28. The predicted octanol–water partition coefficient (Wildman–Crippen LogP) is 2.83. The number of pyridine rings is 1. The normalized spacial score (nSPS) is 12.2. The lowest BCUT2D eigenvalue weighted by Gasteiger charge is -2.14. The minimum Gasteiger partial charge on any atom is -0.497 e. The summed E-state index contributed by atoms with van der Waals surface area (Å²) >= 11 is 0. The van der Waals surface area contributed by atoms with Crippen LogP contribution in [0.4, 0.5) is 0 Å². The predicted molar refractivity (Wildman–Crippen MR) is 96.3 cm³/mol. The number of hydrogen-bond acceptors (Lipinski definition) is 5. The van der Waals surface area contributed by atoms with Crippen molar-refractivity contribution >= 4 is 21.0 Å². The number of hydrogen-bond donors (Lipinski definition) is 2. The van der Waals surface area contributed by atoms with Gasteiger partial charge >= 0.3 is 0 Å². The molecule has 2 N–H and O–H groups in total. The third-order valence-electron chi connectivity index (χ3n) is 3.41. The van der Waals surface area contributed by atoms with Crippen LogP contribution in [-0.2, 0) is 10.1 Å². The fraction of sp³-hybridized carbons (Fsp3) is 0.167. The van der Waals surface area contributed by atoms with Gasteiger partial charge in [-0.25, -0.2) is 0 Å². The lowest BCUT2D eigenvalue weighted by atomic mass is 9.98. The number of ether oxygens (including phenoxy) is 1. The molecule has 132 valence electrons. The molecule has 1 atom stereocenters. The van der Waals surface area contributed by atoms with Gasteiger partial charge in [-0.15, -0.1) is 0 Å². The molecule has 3 rings (SSSR count). The van der Waals surface area contributed by atoms with E-state index < -0.39 is 16.2 Å². The number of aliphatic hydroxyl groups is 1. The van der Waals surface area contributed by atoms with Crippen molar-refractivity contribution < 1.29 is 22.8 Å². The molecule has 3 aromatic rings. The van der Waals surface area contributed by atoms with Gasteiger partial charge in [-0.3, -0.25) is 9.54 Å². The Balaban J connectivity index is 0.000000399. The van der Waals surface area contributed by atoms with Gasteiger partial charge in [0.25, 0.3) is 10.1 Å². The van der Waals surface area contributed by atoms with Crippen LogP contribution in [0.15, 0.2) is 60.8 Å². The van der Waals surface area contributed by atoms with Crippen LogP contribution in [0.25, 0.3) is 10.9 Å². The maximum atomic E-state index is 10.6. The first-order chi connectivity index (χ1) is 11.8. The number of aliphatic hydroxyl groups excluding tert-OH is 1. The Morgan fingerprint density at radius 1 is 1.04 bits per heavy atom. The molecule has 6 nitrogen and oxygen atoms in total. The highest BCUT2D eigenvalue weighted by Gasteiger charge is 2.13. The monoisotopic (exact) mass is 361 g/mol. The van der Waals surface area contributed by atoms with Gasteiger partial charge in [0.1, 0.15) is 11.9 Å². The Labute approximate surface area is 146 Å². The Morgan fingerprint density at radius 3 is 2.24 bits per heavy atom. The standard InChI is InChI=1S/C17H15NO2.CH4O3S/c1-20-13-8-6-12(7-9-13)17(19)15-10-11-18-16-5-3-2-4-14(15)16;1-5(2,3)4/h2-11,17,19H,1H3;1H3,(H,2,3,4). The Hall–Kier alpha value is -2.48. The number of benzene rings is 2. The van der Waals surface area contributed by atoms with Crippen LogP contribution in [-0.4, -0.2) is 36.4 Å². The van der Waals surface area contributed by atoms with Crippen LogP contribution in [0, 0.1) is 0 Å². The molecule has 0 aliphatic heterocycles. The second-order valence-corrected chi connectivity index (χ2v) is 6.79. The zero-order chi connectivity index (χ0) is 18.4. The fourth-order valence-electron chi connectivity index (χ4n) is 2.32. The lowest BCUT2D eigenvalue weighted by molar-refractivity contribution is 0.221. The first-order valence-corrected chi connectivity index (χ1v) is 9.22. The van der Waals surface area contributed by atoms with Crippen LogP contribution in [0.3, 0.4) is 0 Å². The van der Waals surface area contributed by atoms with Crippen molar-refractivity contribution in [2.45, 2.75) is 6.10 Å². The van der Waals surface area contributed by atoms with Crippen molar-refractivity contribution in [3.05, 3.63) is 71.9 Å². The zero-order valence-corrected chi connectivity index (χ0v) is 14.6. The van der Waals surface area contributed by atoms with Crippen LogP contribution in [0.5, 0.6) is 5.75 Å². The van der Waals surface area contributed by atoms with Crippen LogP contribution >= 0.6 is 0 Å². The van der Waals surface area contributed by atoms with Gasteiger partial charge in [-0.05, 0) is 35.4 Å². The topological polar surface area (TPSA) is 96.7 Å². The van der Waals surface area contributed by atoms with Gasteiger partial charge in [-0.2, -0.15) is 8.42 Å². The molecule has 0 amide bonds. The van der Waals surface area contributed by atoms with E-state index in [1.807, 2.05) is 54.6 Å². The molecule has 0 saturated heterocycles. The Morgan fingerprint density at radius 2 is 1.64 bits per heavy atom. The Kier molecular flexibility index (Phi) is 6.08. The van der Waals surface area contributed by atoms with Gasteiger partial charge in [0.05, 0.1) is 18.9 Å². The summed E-state index contributed by atoms with van der Waals surface area (Å²) in [4.78, 5) is 4.31. The van der Waals surface area contributed by atoms with E-state index in [1.54, 1.807) is 13.3 Å². The van der Waals surface area contributed by atoms with E-state index in [0.29, 0.717) is 6.26 Å². The summed E-state index contributed by atoms with van der Waals surface area (Å²) in [5.41, 5.74) is 2.58. The van der Waals surface area contributed by atoms with Gasteiger partial charge in [0.2, 0.25) is 0 Å². The molecule has 2 aromatic carbocycles. The van der Waals surface area contributed by atoms with E-state index in [2.05, 4.69) is 4.98 Å². The SMILES string of the molecule is COc1ccc(C(O)c2ccnc3ccccc23)cc1.CS(=O)(=O)O. The quantitative estimate of drug-likeness (QED) is 0.696. The molecule has 1 aromatic heterocycles. The Bertz CT molecular complexity index is 926. The molecular formula is C18H19NO5S. The first kappa shape index (κ1) is 18.9. The molecule has 25 heavy (non-hydrogen) atoms. The molecule has 0 bridgehead atoms. The number of para-hydroxylation sites is 1. The average molecular weight is 361 g/mol. The summed E-state index contributed by atoms with van der Waals surface area (Å²) in [6.07, 6.45) is 1.77. The van der Waals surface area contributed by atoms with Gasteiger partial charge < -0.3 is 9.84 Å². The molecule has 0 spiro atoms. The van der Waals surface area contributed by atoms with Crippen molar-refractivity contribution in [2.75, 3.05) is 13.4 Å². The molecule has 0 radical (unpaired) electrons. The number of aromatic nitrogens is 1. The minimum absolute atomic E-state index is 0.672. The molecule has 1 unspecified atom stereocenters. The van der Waals surface area contributed by atoms with E-state index in [4.69, 9.17) is 9.29 Å². The van der Waals surface area contributed by atoms with Crippen molar-refractivity contribution in [1.29, 1.82) is 0 Å². The van der Waals surface area contributed by atoms with E-state index in [-0.39, 0.29) is 0 Å². The molecular weight excluding hydrogens is 342 g/mol.